The Labute approximate surface area is 163 Å². The third kappa shape index (κ3) is 4.51. The summed E-state index contributed by atoms with van der Waals surface area (Å²) in [7, 11) is 0. The van der Waals surface area contributed by atoms with E-state index in [9.17, 15) is 4.79 Å². The quantitative estimate of drug-likeness (QED) is 0.576. The molecule has 0 aliphatic heterocycles. The fraction of sp³-hybridized carbons (Fsp3) is 0.304. The summed E-state index contributed by atoms with van der Waals surface area (Å²) in [5.41, 5.74) is 3.19. The molecule has 0 atom stereocenters. The van der Waals surface area contributed by atoms with E-state index in [4.69, 9.17) is 10.1 Å². The van der Waals surface area contributed by atoms with Crippen LogP contribution in [0.25, 0.3) is 22.0 Å². The molecule has 0 spiro atoms. The molecule has 0 radical (unpaired) electrons. The van der Waals surface area contributed by atoms with Gasteiger partial charge in [-0.15, -0.1) is 11.8 Å². The maximum atomic E-state index is 10.8. The topological polar surface area (TPSA) is 50.2 Å². The predicted molar refractivity (Wildman–Crippen MR) is 111 cm³/mol. The number of benzene rings is 2. The van der Waals surface area contributed by atoms with Gasteiger partial charge in [0.25, 0.3) is 0 Å². The van der Waals surface area contributed by atoms with Gasteiger partial charge in [0.1, 0.15) is 0 Å². The number of hydrogen-bond donors (Lipinski definition) is 1. The number of fused-ring (bicyclic) bond motifs is 1. The largest absolute Gasteiger partial charge is 0.481 e. The van der Waals surface area contributed by atoms with Gasteiger partial charge in [0.05, 0.1) is 10.7 Å². The van der Waals surface area contributed by atoms with Crippen molar-refractivity contribution in [3.63, 3.8) is 0 Å². The lowest BCUT2D eigenvalue weighted by Gasteiger charge is -2.10. The minimum absolute atomic E-state index is 0.166. The van der Waals surface area contributed by atoms with Crippen molar-refractivity contribution in [2.45, 2.75) is 48.8 Å². The van der Waals surface area contributed by atoms with Crippen molar-refractivity contribution in [1.82, 2.24) is 4.98 Å². The minimum atomic E-state index is -0.758. The van der Waals surface area contributed by atoms with E-state index in [1.807, 2.05) is 17.8 Å². The molecule has 1 saturated carbocycles. The van der Waals surface area contributed by atoms with E-state index >= 15 is 0 Å². The summed E-state index contributed by atoms with van der Waals surface area (Å²) in [6.07, 6.45) is 6.02. The van der Waals surface area contributed by atoms with Gasteiger partial charge in [-0.05, 0) is 53.8 Å². The van der Waals surface area contributed by atoms with E-state index in [1.54, 1.807) is 0 Å². The second-order valence-electron chi connectivity index (χ2n) is 7.18. The maximum absolute atomic E-state index is 10.8. The number of carbonyl (C=O) groups is 1. The lowest BCUT2D eigenvalue weighted by molar-refractivity contribution is -0.136. The molecule has 0 saturated heterocycles. The number of rotatable bonds is 6. The number of carboxylic acids is 1. The van der Waals surface area contributed by atoms with Crippen molar-refractivity contribution < 1.29 is 9.90 Å². The standard InChI is InChI=1S/C23H23NO2S/c25-23(26)13-9-16-8-10-18-15-19(12-11-17(18)14-16)21-6-3-7-22(24-21)27-20-4-1-2-5-20/h3,6-8,10-12,14-15,20H,1-2,4-5,9,13H2,(H,25,26). The van der Waals surface area contributed by atoms with E-state index in [0.29, 0.717) is 11.7 Å². The Morgan fingerprint density at radius 2 is 1.81 bits per heavy atom. The van der Waals surface area contributed by atoms with Crippen molar-refractivity contribution >= 4 is 28.5 Å². The predicted octanol–water partition coefficient (Wildman–Crippen LogP) is 5.95. The molecule has 0 bridgehead atoms. The Hall–Kier alpha value is -2.33. The highest BCUT2D eigenvalue weighted by molar-refractivity contribution is 7.99. The van der Waals surface area contributed by atoms with Crippen LogP contribution in [0.15, 0.2) is 59.6 Å². The highest BCUT2D eigenvalue weighted by atomic mass is 32.2. The number of thioether (sulfide) groups is 1. The molecular weight excluding hydrogens is 354 g/mol. The van der Waals surface area contributed by atoms with E-state index < -0.39 is 5.97 Å². The zero-order valence-corrected chi connectivity index (χ0v) is 16.0. The number of aliphatic carboxylic acids is 1. The zero-order chi connectivity index (χ0) is 18.6. The lowest BCUT2D eigenvalue weighted by Crippen LogP contribution is -1.97. The number of carboxylic acid groups (broad SMARTS) is 1. The van der Waals surface area contributed by atoms with Crippen LogP contribution in [-0.2, 0) is 11.2 Å². The molecule has 1 aromatic heterocycles. The molecule has 138 valence electrons. The van der Waals surface area contributed by atoms with E-state index in [2.05, 4.69) is 48.5 Å². The lowest BCUT2D eigenvalue weighted by atomic mass is 10.0. The first-order chi connectivity index (χ1) is 13.2. The molecule has 2 aromatic carbocycles. The summed E-state index contributed by atoms with van der Waals surface area (Å²) in [6.45, 7) is 0. The molecule has 3 aromatic rings. The highest BCUT2D eigenvalue weighted by Gasteiger charge is 2.17. The van der Waals surface area contributed by atoms with Gasteiger partial charge in [-0.1, -0.05) is 49.2 Å². The highest BCUT2D eigenvalue weighted by Crippen LogP contribution is 2.34. The fourth-order valence-electron chi connectivity index (χ4n) is 3.68. The van der Waals surface area contributed by atoms with Gasteiger partial charge < -0.3 is 5.11 Å². The molecule has 0 unspecified atom stereocenters. The fourth-order valence-corrected chi connectivity index (χ4v) is 4.90. The Kier molecular flexibility index (Phi) is 5.44. The molecular formula is C23H23NO2S. The van der Waals surface area contributed by atoms with Crippen LogP contribution in [-0.4, -0.2) is 21.3 Å². The Bertz CT molecular complexity index is 964. The molecule has 1 fully saturated rings. The van der Waals surface area contributed by atoms with Crippen LogP contribution in [0.3, 0.4) is 0 Å². The van der Waals surface area contributed by atoms with E-state index in [1.165, 1.54) is 25.7 Å². The number of nitrogens with zero attached hydrogens (tertiary/aromatic N) is 1. The van der Waals surface area contributed by atoms with E-state index in [0.717, 1.165) is 32.6 Å². The first-order valence-corrected chi connectivity index (χ1v) is 10.4. The summed E-state index contributed by atoms with van der Waals surface area (Å²) in [4.78, 5) is 15.6. The van der Waals surface area contributed by atoms with Crippen LogP contribution < -0.4 is 0 Å². The third-order valence-electron chi connectivity index (χ3n) is 5.14. The van der Waals surface area contributed by atoms with Crippen LogP contribution in [0.1, 0.15) is 37.7 Å². The van der Waals surface area contributed by atoms with Crippen molar-refractivity contribution in [2.75, 3.05) is 0 Å². The normalized spacial score (nSPS) is 14.7. The van der Waals surface area contributed by atoms with Crippen molar-refractivity contribution in [2.24, 2.45) is 0 Å². The summed E-state index contributed by atoms with van der Waals surface area (Å²) in [6, 6.07) is 18.8. The molecule has 1 aliphatic rings. The first-order valence-electron chi connectivity index (χ1n) is 9.56. The number of pyridine rings is 1. The maximum Gasteiger partial charge on any atom is 0.303 e. The van der Waals surface area contributed by atoms with Gasteiger partial charge in [-0.2, -0.15) is 0 Å². The molecule has 4 rings (SSSR count). The number of aryl methyl sites for hydroxylation is 1. The van der Waals surface area contributed by atoms with Gasteiger partial charge >= 0.3 is 5.97 Å². The first kappa shape index (κ1) is 18.1. The summed E-state index contributed by atoms with van der Waals surface area (Å²) in [5.74, 6) is -0.758. The van der Waals surface area contributed by atoms with Crippen molar-refractivity contribution in [3.05, 3.63) is 60.2 Å². The molecule has 3 nitrogen and oxygen atoms in total. The monoisotopic (exact) mass is 377 g/mol. The van der Waals surface area contributed by atoms with Gasteiger partial charge in [0.2, 0.25) is 0 Å². The van der Waals surface area contributed by atoms with Crippen molar-refractivity contribution in [1.29, 1.82) is 0 Å². The minimum Gasteiger partial charge on any atom is -0.481 e. The number of aromatic nitrogens is 1. The molecule has 27 heavy (non-hydrogen) atoms. The number of hydrogen-bond acceptors (Lipinski definition) is 3. The zero-order valence-electron chi connectivity index (χ0n) is 15.2. The molecule has 1 heterocycles. The van der Waals surface area contributed by atoms with Crippen LogP contribution in [0, 0.1) is 0 Å². The average Bonchev–Trinajstić information content (AvgIpc) is 3.19. The smallest absolute Gasteiger partial charge is 0.303 e. The second kappa shape index (κ2) is 8.13. The van der Waals surface area contributed by atoms with Gasteiger partial charge in [0.15, 0.2) is 0 Å². The Morgan fingerprint density at radius 3 is 2.63 bits per heavy atom. The average molecular weight is 378 g/mol. The Morgan fingerprint density at radius 1 is 1.04 bits per heavy atom. The SMILES string of the molecule is O=C(O)CCc1ccc2cc(-c3cccc(SC4CCCC4)n3)ccc2c1. The summed E-state index contributed by atoms with van der Waals surface area (Å²) >= 11 is 1.91. The van der Waals surface area contributed by atoms with Crippen LogP contribution in [0.2, 0.25) is 0 Å². The Balaban J connectivity index is 1.56. The third-order valence-corrected chi connectivity index (χ3v) is 6.41. The van der Waals surface area contributed by atoms with Gasteiger partial charge in [-0.25, -0.2) is 4.98 Å². The van der Waals surface area contributed by atoms with Gasteiger partial charge in [0, 0.05) is 17.2 Å². The van der Waals surface area contributed by atoms with Crippen LogP contribution >= 0.6 is 11.8 Å². The van der Waals surface area contributed by atoms with E-state index in [-0.39, 0.29) is 6.42 Å². The molecule has 1 aliphatic carbocycles. The molecule has 0 amide bonds. The van der Waals surface area contributed by atoms with Crippen LogP contribution in [0.5, 0.6) is 0 Å². The van der Waals surface area contributed by atoms with Crippen LogP contribution in [0.4, 0.5) is 0 Å². The summed E-state index contributed by atoms with van der Waals surface area (Å²) < 4.78 is 0. The summed E-state index contributed by atoms with van der Waals surface area (Å²) in [5, 5.41) is 13.0. The van der Waals surface area contributed by atoms with Gasteiger partial charge in [-0.3, -0.25) is 4.79 Å². The molecule has 1 N–H and O–H groups in total. The second-order valence-corrected chi connectivity index (χ2v) is 8.50. The van der Waals surface area contributed by atoms with Crippen molar-refractivity contribution in [3.8, 4) is 11.3 Å². The molecule has 4 heteroatoms.